The molecule has 0 aliphatic heterocycles. The molecule has 0 aliphatic rings. The summed E-state index contributed by atoms with van der Waals surface area (Å²) >= 11 is 0. The SMILES string of the molecule is CCc1cc(CNCCS(C)=O)n(C)n1. The fourth-order valence-electron chi connectivity index (χ4n) is 1.34. The summed E-state index contributed by atoms with van der Waals surface area (Å²) in [5, 5.41) is 7.62. The smallest absolute Gasteiger partial charge is 0.0625 e. The van der Waals surface area contributed by atoms with E-state index in [9.17, 15) is 4.21 Å². The number of aromatic nitrogens is 2. The van der Waals surface area contributed by atoms with Crippen molar-refractivity contribution in [3.05, 3.63) is 17.5 Å². The minimum atomic E-state index is -0.710. The van der Waals surface area contributed by atoms with E-state index >= 15 is 0 Å². The number of hydrogen-bond donors (Lipinski definition) is 1. The molecule has 0 radical (unpaired) electrons. The van der Waals surface area contributed by atoms with Crippen molar-refractivity contribution in [2.24, 2.45) is 7.05 Å². The van der Waals surface area contributed by atoms with Crippen molar-refractivity contribution in [3.8, 4) is 0 Å². The van der Waals surface area contributed by atoms with Crippen LogP contribution in [0.5, 0.6) is 0 Å². The third-order valence-electron chi connectivity index (χ3n) is 2.26. The number of rotatable bonds is 6. The van der Waals surface area contributed by atoms with Crippen LogP contribution in [0.2, 0.25) is 0 Å². The molecule has 15 heavy (non-hydrogen) atoms. The highest BCUT2D eigenvalue weighted by molar-refractivity contribution is 7.84. The highest BCUT2D eigenvalue weighted by atomic mass is 32.2. The summed E-state index contributed by atoms with van der Waals surface area (Å²) in [5.41, 5.74) is 2.29. The minimum Gasteiger partial charge on any atom is -0.310 e. The van der Waals surface area contributed by atoms with Crippen LogP contribution >= 0.6 is 0 Å². The predicted octanol–water partition coefficient (Wildman–Crippen LogP) is 0.451. The topological polar surface area (TPSA) is 46.9 Å². The van der Waals surface area contributed by atoms with Crippen LogP contribution in [0.4, 0.5) is 0 Å². The fourth-order valence-corrected chi connectivity index (χ4v) is 1.77. The molecule has 1 heterocycles. The van der Waals surface area contributed by atoms with Gasteiger partial charge in [-0.05, 0) is 12.5 Å². The van der Waals surface area contributed by atoms with Gasteiger partial charge in [0.25, 0.3) is 0 Å². The molecule has 0 amide bonds. The van der Waals surface area contributed by atoms with Crippen molar-refractivity contribution in [1.82, 2.24) is 15.1 Å². The number of nitrogens with one attached hydrogen (secondary N) is 1. The van der Waals surface area contributed by atoms with E-state index in [1.54, 1.807) is 6.26 Å². The summed E-state index contributed by atoms with van der Waals surface area (Å²) < 4.78 is 12.7. The maximum absolute atomic E-state index is 10.8. The van der Waals surface area contributed by atoms with Crippen molar-refractivity contribution >= 4 is 10.8 Å². The maximum Gasteiger partial charge on any atom is 0.0625 e. The van der Waals surface area contributed by atoms with Crippen LogP contribution < -0.4 is 5.32 Å². The maximum atomic E-state index is 10.8. The second kappa shape index (κ2) is 6.02. The molecule has 1 N–H and O–H groups in total. The molecule has 5 heteroatoms. The van der Waals surface area contributed by atoms with Crippen molar-refractivity contribution in [3.63, 3.8) is 0 Å². The highest BCUT2D eigenvalue weighted by Crippen LogP contribution is 2.02. The zero-order valence-corrected chi connectivity index (χ0v) is 10.4. The molecule has 4 nitrogen and oxygen atoms in total. The van der Waals surface area contributed by atoms with Gasteiger partial charge in [-0.25, -0.2) is 0 Å². The van der Waals surface area contributed by atoms with Crippen LogP contribution in [-0.4, -0.2) is 32.5 Å². The monoisotopic (exact) mass is 229 g/mol. The van der Waals surface area contributed by atoms with Gasteiger partial charge in [-0.3, -0.25) is 8.89 Å². The molecule has 86 valence electrons. The van der Waals surface area contributed by atoms with E-state index < -0.39 is 10.8 Å². The summed E-state index contributed by atoms with van der Waals surface area (Å²) in [4.78, 5) is 0. The van der Waals surface area contributed by atoms with Gasteiger partial charge in [0, 0.05) is 42.9 Å². The Balaban J connectivity index is 2.36. The van der Waals surface area contributed by atoms with E-state index in [0.29, 0.717) is 5.75 Å². The lowest BCUT2D eigenvalue weighted by Gasteiger charge is -2.03. The lowest BCUT2D eigenvalue weighted by Crippen LogP contribution is -2.21. The predicted molar refractivity (Wildman–Crippen MR) is 63.2 cm³/mol. The molecule has 0 aliphatic carbocycles. The third-order valence-corrected chi connectivity index (χ3v) is 3.04. The molecular formula is C10H19N3OS. The Morgan fingerprint density at radius 3 is 2.87 bits per heavy atom. The summed E-state index contributed by atoms with van der Waals surface area (Å²) in [6, 6.07) is 2.11. The highest BCUT2D eigenvalue weighted by Gasteiger charge is 2.02. The van der Waals surface area contributed by atoms with Gasteiger partial charge < -0.3 is 5.32 Å². The van der Waals surface area contributed by atoms with E-state index in [4.69, 9.17) is 0 Å². The zero-order chi connectivity index (χ0) is 11.3. The van der Waals surface area contributed by atoms with Crippen molar-refractivity contribution in [2.45, 2.75) is 19.9 Å². The standard InChI is InChI=1S/C10H19N3OS/c1-4-9-7-10(13(2)12-9)8-11-5-6-15(3)14/h7,11H,4-6,8H2,1-3H3. The molecule has 1 aromatic heterocycles. The Labute approximate surface area is 93.5 Å². The van der Waals surface area contributed by atoms with Gasteiger partial charge in [-0.1, -0.05) is 6.92 Å². The molecular weight excluding hydrogens is 210 g/mol. The fraction of sp³-hybridized carbons (Fsp3) is 0.700. The summed E-state index contributed by atoms with van der Waals surface area (Å²) in [6.45, 7) is 3.68. The van der Waals surface area contributed by atoms with Crippen molar-refractivity contribution in [2.75, 3.05) is 18.6 Å². The van der Waals surface area contributed by atoms with E-state index in [0.717, 1.165) is 25.2 Å². The van der Waals surface area contributed by atoms with Gasteiger partial charge in [0.2, 0.25) is 0 Å². The van der Waals surface area contributed by atoms with Crippen LogP contribution in [-0.2, 0) is 30.8 Å². The molecule has 0 saturated carbocycles. The average Bonchev–Trinajstić information content (AvgIpc) is 2.54. The third kappa shape index (κ3) is 4.13. The quantitative estimate of drug-likeness (QED) is 0.721. The molecule has 0 bridgehead atoms. The van der Waals surface area contributed by atoms with Crippen LogP contribution in [0.25, 0.3) is 0 Å². The largest absolute Gasteiger partial charge is 0.310 e. The Bertz CT molecular complexity index is 335. The first-order chi connectivity index (χ1) is 7.13. The molecule has 1 atom stereocenters. The number of aryl methyl sites for hydroxylation is 2. The Morgan fingerprint density at radius 2 is 2.33 bits per heavy atom. The molecule has 1 aromatic rings. The first kappa shape index (κ1) is 12.4. The van der Waals surface area contributed by atoms with Gasteiger partial charge in [0.15, 0.2) is 0 Å². The number of nitrogens with zero attached hydrogens (tertiary/aromatic N) is 2. The first-order valence-corrected chi connectivity index (χ1v) is 6.88. The second-order valence-corrected chi connectivity index (χ2v) is 5.11. The summed E-state index contributed by atoms with van der Waals surface area (Å²) in [5.74, 6) is 0.707. The normalized spacial score (nSPS) is 13.0. The van der Waals surface area contributed by atoms with Crippen molar-refractivity contribution in [1.29, 1.82) is 0 Å². The summed E-state index contributed by atoms with van der Waals surface area (Å²) in [6.07, 6.45) is 2.69. The zero-order valence-electron chi connectivity index (χ0n) is 9.62. The summed E-state index contributed by atoms with van der Waals surface area (Å²) in [7, 11) is 1.24. The van der Waals surface area contributed by atoms with Crippen LogP contribution in [0.1, 0.15) is 18.3 Å². The van der Waals surface area contributed by atoms with Gasteiger partial charge in [0.05, 0.1) is 11.4 Å². The molecule has 0 saturated heterocycles. The molecule has 1 rings (SSSR count). The second-order valence-electron chi connectivity index (χ2n) is 3.56. The van der Waals surface area contributed by atoms with Crippen LogP contribution in [0.15, 0.2) is 6.07 Å². The van der Waals surface area contributed by atoms with E-state index in [1.165, 1.54) is 5.69 Å². The van der Waals surface area contributed by atoms with E-state index in [-0.39, 0.29) is 0 Å². The average molecular weight is 229 g/mol. The van der Waals surface area contributed by atoms with Gasteiger partial charge in [0.1, 0.15) is 0 Å². The molecule has 0 spiro atoms. The van der Waals surface area contributed by atoms with Crippen LogP contribution in [0.3, 0.4) is 0 Å². The lowest BCUT2D eigenvalue weighted by molar-refractivity contribution is 0.636. The number of hydrogen-bond acceptors (Lipinski definition) is 3. The Kier molecular flexibility index (Phi) is 4.98. The van der Waals surface area contributed by atoms with Gasteiger partial charge >= 0.3 is 0 Å². The van der Waals surface area contributed by atoms with Crippen LogP contribution in [0, 0.1) is 0 Å². The minimum absolute atomic E-state index is 0.707. The Morgan fingerprint density at radius 1 is 1.60 bits per heavy atom. The van der Waals surface area contributed by atoms with E-state index in [2.05, 4.69) is 23.4 Å². The van der Waals surface area contributed by atoms with Gasteiger partial charge in [-0.15, -0.1) is 0 Å². The first-order valence-electron chi connectivity index (χ1n) is 5.16. The van der Waals surface area contributed by atoms with Crippen molar-refractivity contribution < 1.29 is 4.21 Å². The molecule has 0 aromatic carbocycles. The lowest BCUT2D eigenvalue weighted by atomic mass is 10.3. The Hall–Kier alpha value is -0.680. The van der Waals surface area contributed by atoms with E-state index in [1.807, 2.05) is 11.7 Å². The van der Waals surface area contributed by atoms with Gasteiger partial charge in [-0.2, -0.15) is 5.10 Å². The molecule has 0 fully saturated rings. The molecule has 1 unspecified atom stereocenters.